The third kappa shape index (κ3) is 8.34. The minimum absolute atomic E-state index is 0.179. The summed E-state index contributed by atoms with van der Waals surface area (Å²) in [5.74, 6) is 0.536. The molecule has 9 aliphatic heterocycles. The standard InChI is InChI=1S/3C21H19N3O/c3*25-20-21(13-16-3-1-2-4-19(16)23-21)10-12-24(20)18-7-5-15(6-8-18)17-9-11-22-14-17/h3*1-9,14,23H,10-13H2. The topological polar surface area (TPSA) is 134 Å². The molecular formula is C63H57N9O3. The van der Waals surface area contributed by atoms with E-state index in [9.17, 15) is 14.4 Å². The summed E-state index contributed by atoms with van der Waals surface area (Å²) >= 11 is 0. The molecule has 3 amide bonds. The Morgan fingerprint density at radius 1 is 0.360 bits per heavy atom. The van der Waals surface area contributed by atoms with Gasteiger partial charge < -0.3 is 30.7 Å². The Morgan fingerprint density at radius 3 is 0.893 bits per heavy atom. The van der Waals surface area contributed by atoms with Gasteiger partial charge >= 0.3 is 0 Å². The number of fused-ring (bicyclic) bond motifs is 3. The van der Waals surface area contributed by atoms with Crippen molar-refractivity contribution in [3.63, 3.8) is 0 Å². The maximum atomic E-state index is 13.2. The largest absolute Gasteiger partial charge is 0.371 e. The maximum Gasteiger partial charge on any atom is 0.253 e. The molecule has 3 atom stereocenters. The molecule has 12 nitrogen and oxygen atoms in total. The van der Waals surface area contributed by atoms with E-state index in [-0.39, 0.29) is 17.7 Å². The highest BCUT2D eigenvalue weighted by atomic mass is 16.2. The van der Waals surface area contributed by atoms with E-state index in [1.54, 1.807) is 0 Å². The number of carbonyl (C=O) groups excluding carboxylic acids is 3. The number of hydrogen-bond acceptors (Lipinski definition) is 9. The number of nitrogens with one attached hydrogen (secondary N) is 3. The molecule has 0 aromatic heterocycles. The minimum Gasteiger partial charge on any atom is -0.371 e. The molecule has 12 heteroatoms. The molecule has 3 fully saturated rings. The fraction of sp³-hybridized carbons (Fsp3) is 0.238. The number of amides is 3. The lowest BCUT2D eigenvalue weighted by molar-refractivity contribution is -0.121. The van der Waals surface area contributed by atoms with Gasteiger partial charge in [-0.15, -0.1) is 0 Å². The third-order valence-electron chi connectivity index (χ3n) is 16.4. The van der Waals surface area contributed by atoms with Gasteiger partial charge in [0.05, 0.1) is 19.6 Å². The lowest BCUT2D eigenvalue weighted by Gasteiger charge is -2.24. The monoisotopic (exact) mass is 987 g/mol. The summed E-state index contributed by atoms with van der Waals surface area (Å²) in [5.41, 5.74) is 15.4. The van der Waals surface area contributed by atoms with Gasteiger partial charge in [0.25, 0.3) is 17.7 Å². The van der Waals surface area contributed by atoms with E-state index in [0.29, 0.717) is 0 Å². The third-order valence-corrected chi connectivity index (χ3v) is 16.4. The fourth-order valence-corrected chi connectivity index (χ4v) is 12.3. The van der Waals surface area contributed by atoms with Gasteiger partial charge in [0, 0.05) is 91.7 Å². The highest BCUT2D eigenvalue weighted by molar-refractivity contribution is 6.14. The lowest BCUT2D eigenvalue weighted by Crippen LogP contribution is -2.45. The number of allylic oxidation sites excluding steroid dienone is 3. The average molecular weight is 988 g/mol. The van der Waals surface area contributed by atoms with Crippen LogP contribution in [0.4, 0.5) is 34.1 Å². The summed E-state index contributed by atoms with van der Waals surface area (Å²) in [6.45, 7) is 4.54. The van der Waals surface area contributed by atoms with Crippen molar-refractivity contribution in [1.29, 1.82) is 0 Å². The molecule has 3 saturated heterocycles. The maximum absolute atomic E-state index is 13.2. The van der Waals surface area contributed by atoms with E-state index in [2.05, 4.69) is 122 Å². The Morgan fingerprint density at radius 2 is 0.640 bits per heavy atom. The van der Waals surface area contributed by atoms with Crippen molar-refractivity contribution in [2.75, 3.05) is 69.9 Å². The van der Waals surface area contributed by atoms with Gasteiger partial charge in [-0.1, -0.05) is 109 Å². The zero-order chi connectivity index (χ0) is 50.6. The van der Waals surface area contributed by atoms with Crippen molar-refractivity contribution in [1.82, 2.24) is 0 Å². The Hall–Kier alpha value is -8.64. The molecule has 0 radical (unpaired) electrons. The number of rotatable bonds is 6. The highest BCUT2D eigenvalue weighted by Gasteiger charge is 2.53. The van der Waals surface area contributed by atoms with Crippen LogP contribution in [0.15, 0.2) is 179 Å². The van der Waals surface area contributed by atoms with E-state index in [0.717, 1.165) is 145 Å². The van der Waals surface area contributed by atoms with Crippen molar-refractivity contribution < 1.29 is 14.4 Å². The normalized spacial score (nSPS) is 23.9. The highest BCUT2D eigenvalue weighted by Crippen LogP contribution is 2.44. The molecule has 6 aromatic rings. The smallest absolute Gasteiger partial charge is 0.253 e. The molecule has 9 aliphatic rings. The number of hydrogen-bond donors (Lipinski definition) is 3. The first kappa shape index (κ1) is 46.2. The Kier molecular flexibility index (Phi) is 11.5. The molecule has 372 valence electrons. The molecule has 75 heavy (non-hydrogen) atoms. The SMILES string of the molecule is O=C1N(c2ccc(C3=CCN=C3)cc2)CCC12Cc1ccccc1N2.O=C1N(c2ccc(C3=CCN=C3)cc2)CCC12Cc1ccccc1N2.O=C1N(c2ccc(C3=CCN=C3)cc2)CCC12Cc1ccccc1N2. The zero-order valence-corrected chi connectivity index (χ0v) is 41.7. The molecule has 9 heterocycles. The predicted molar refractivity (Wildman–Crippen MR) is 304 cm³/mol. The lowest BCUT2D eigenvalue weighted by atomic mass is 9.93. The molecular weight excluding hydrogens is 931 g/mol. The van der Waals surface area contributed by atoms with Crippen LogP contribution in [0.2, 0.25) is 0 Å². The summed E-state index contributed by atoms with van der Waals surface area (Å²) in [7, 11) is 0. The van der Waals surface area contributed by atoms with Crippen LogP contribution >= 0.6 is 0 Å². The Bertz CT molecular complexity index is 3020. The number of benzene rings is 6. The molecule has 0 aliphatic carbocycles. The van der Waals surface area contributed by atoms with Crippen LogP contribution < -0.4 is 30.7 Å². The molecule has 0 bridgehead atoms. The van der Waals surface area contributed by atoms with Crippen LogP contribution in [0.25, 0.3) is 16.7 Å². The van der Waals surface area contributed by atoms with E-state index in [4.69, 9.17) is 0 Å². The van der Waals surface area contributed by atoms with Crippen LogP contribution in [0.5, 0.6) is 0 Å². The van der Waals surface area contributed by atoms with Gasteiger partial charge in [-0.05, 0) is 124 Å². The predicted octanol–water partition coefficient (Wildman–Crippen LogP) is 9.89. The van der Waals surface area contributed by atoms with Gasteiger partial charge in [0.15, 0.2) is 0 Å². The van der Waals surface area contributed by atoms with Crippen molar-refractivity contribution >= 4 is 87.2 Å². The zero-order valence-electron chi connectivity index (χ0n) is 41.7. The first-order chi connectivity index (χ1) is 36.8. The van der Waals surface area contributed by atoms with Gasteiger partial charge in [-0.2, -0.15) is 0 Å². The molecule has 3 unspecified atom stereocenters. The van der Waals surface area contributed by atoms with E-state index in [1.807, 2.05) is 106 Å². The van der Waals surface area contributed by atoms with E-state index >= 15 is 0 Å². The summed E-state index contributed by atoms with van der Waals surface area (Å²) in [5, 5.41) is 10.5. The quantitative estimate of drug-likeness (QED) is 0.152. The number of para-hydroxylation sites is 3. The summed E-state index contributed by atoms with van der Waals surface area (Å²) in [4.78, 5) is 58.0. The molecule has 15 rings (SSSR count). The van der Waals surface area contributed by atoms with Crippen molar-refractivity contribution in [2.24, 2.45) is 15.0 Å². The second-order valence-electron chi connectivity index (χ2n) is 20.8. The first-order valence-electron chi connectivity index (χ1n) is 26.2. The second kappa shape index (κ2) is 18.7. The fourth-order valence-electron chi connectivity index (χ4n) is 12.3. The van der Waals surface area contributed by atoms with E-state index < -0.39 is 16.6 Å². The molecule has 3 spiro atoms. The number of nitrogens with zero attached hydrogens (tertiary/aromatic N) is 6. The molecule has 0 saturated carbocycles. The summed E-state index contributed by atoms with van der Waals surface area (Å²) < 4.78 is 0. The van der Waals surface area contributed by atoms with Gasteiger partial charge in [0.2, 0.25) is 0 Å². The van der Waals surface area contributed by atoms with Crippen LogP contribution in [-0.4, -0.2) is 92.3 Å². The molecule has 6 aromatic carbocycles. The second-order valence-corrected chi connectivity index (χ2v) is 20.8. The summed E-state index contributed by atoms with van der Waals surface area (Å²) in [6, 6.07) is 49.4. The van der Waals surface area contributed by atoms with Crippen molar-refractivity contribution in [3.8, 4) is 0 Å². The van der Waals surface area contributed by atoms with Crippen LogP contribution in [-0.2, 0) is 33.6 Å². The van der Waals surface area contributed by atoms with E-state index in [1.165, 1.54) is 16.7 Å². The Balaban J connectivity index is 0.000000108. The van der Waals surface area contributed by atoms with Crippen LogP contribution in [0.1, 0.15) is 52.6 Å². The van der Waals surface area contributed by atoms with Crippen molar-refractivity contribution in [2.45, 2.75) is 55.1 Å². The van der Waals surface area contributed by atoms with Gasteiger partial charge in [-0.25, -0.2) is 0 Å². The number of carbonyl (C=O) groups is 3. The minimum atomic E-state index is -0.469. The Labute approximate surface area is 437 Å². The molecule has 3 N–H and O–H groups in total. The first-order valence-corrected chi connectivity index (χ1v) is 26.2. The summed E-state index contributed by atoms with van der Waals surface area (Å²) in [6.07, 6.45) is 16.9. The average Bonchev–Trinajstić information content (AvgIpc) is 4.36. The van der Waals surface area contributed by atoms with Gasteiger partial charge in [0.1, 0.15) is 16.6 Å². The van der Waals surface area contributed by atoms with Crippen molar-refractivity contribution in [3.05, 3.63) is 197 Å². The number of anilines is 6. The van der Waals surface area contributed by atoms with Gasteiger partial charge in [-0.3, -0.25) is 29.4 Å². The van der Waals surface area contributed by atoms with Crippen LogP contribution in [0, 0.1) is 0 Å². The number of aliphatic imine (C=N–C) groups is 3. The van der Waals surface area contributed by atoms with Crippen LogP contribution in [0.3, 0.4) is 0 Å².